The van der Waals surface area contributed by atoms with Gasteiger partial charge in [0.05, 0.1) is 0 Å². The number of nitrogens with one attached hydrogen (secondary N) is 2. The molecule has 1 aliphatic rings. The quantitative estimate of drug-likeness (QED) is 0.796. The molecule has 1 fully saturated rings. The number of H-pyrrole nitrogens is 1. The number of hydrogen-bond acceptors (Lipinski definition) is 3. The molecule has 2 N–H and O–H groups in total. The molecule has 2 rings (SSSR count). The minimum atomic E-state index is 0.0243. The molecule has 88 valence electrons. The van der Waals surface area contributed by atoms with Gasteiger partial charge in [-0.15, -0.1) is 0 Å². The average molecular weight is 221 g/mol. The minimum Gasteiger partial charge on any atom is -0.316 e. The lowest BCUT2D eigenvalue weighted by molar-refractivity contribution is 0.370. The van der Waals surface area contributed by atoms with Crippen LogP contribution < -0.4 is 10.9 Å². The summed E-state index contributed by atoms with van der Waals surface area (Å²) in [5, 5.41) is 3.37. The van der Waals surface area contributed by atoms with Crippen LogP contribution >= 0.6 is 0 Å². The Balaban J connectivity index is 2.04. The fourth-order valence-corrected chi connectivity index (χ4v) is 2.19. The van der Waals surface area contributed by atoms with Crippen molar-refractivity contribution in [1.29, 1.82) is 0 Å². The topological polar surface area (TPSA) is 57.8 Å². The Bertz CT molecular complexity index is 393. The standard InChI is InChI=1S/C12H19N3O/c1-2-10-8-14-11(15-12(10)16)6-9-4-3-5-13-7-9/h8-9,13H,2-7H2,1H3,(H,14,15,16). The van der Waals surface area contributed by atoms with Gasteiger partial charge in [-0.25, -0.2) is 4.98 Å². The third-order valence-electron chi connectivity index (χ3n) is 3.19. The zero-order valence-corrected chi connectivity index (χ0v) is 9.75. The normalized spacial score (nSPS) is 20.9. The first-order valence-corrected chi connectivity index (χ1v) is 6.07. The van der Waals surface area contributed by atoms with Crippen LogP contribution in [-0.4, -0.2) is 23.1 Å². The molecule has 0 radical (unpaired) electrons. The lowest BCUT2D eigenvalue weighted by Gasteiger charge is -2.21. The van der Waals surface area contributed by atoms with Crippen molar-refractivity contribution in [3.05, 3.63) is 27.9 Å². The molecule has 0 spiro atoms. The van der Waals surface area contributed by atoms with Crippen LogP contribution in [0.3, 0.4) is 0 Å². The van der Waals surface area contributed by atoms with Crippen LogP contribution in [0.25, 0.3) is 0 Å². The number of rotatable bonds is 3. The van der Waals surface area contributed by atoms with Gasteiger partial charge in [0.15, 0.2) is 0 Å². The number of aryl methyl sites for hydroxylation is 1. The molecule has 1 aromatic heterocycles. The van der Waals surface area contributed by atoms with Crippen molar-refractivity contribution in [2.24, 2.45) is 5.92 Å². The van der Waals surface area contributed by atoms with E-state index in [1.807, 2.05) is 6.92 Å². The second-order valence-corrected chi connectivity index (χ2v) is 4.45. The van der Waals surface area contributed by atoms with Gasteiger partial charge in [0.2, 0.25) is 0 Å². The molecule has 0 aliphatic carbocycles. The molecule has 0 amide bonds. The van der Waals surface area contributed by atoms with Gasteiger partial charge < -0.3 is 10.3 Å². The largest absolute Gasteiger partial charge is 0.316 e. The van der Waals surface area contributed by atoms with Gasteiger partial charge in [0, 0.05) is 18.2 Å². The van der Waals surface area contributed by atoms with Crippen molar-refractivity contribution in [3.8, 4) is 0 Å². The third kappa shape index (κ3) is 2.70. The van der Waals surface area contributed by atoms with Crippen molar-refractivity contribution >= 4 is 0 Å². The summed E-state index contributed by atoms with van der Waals surface area (Å²) < 4.78 is 0. The van der Waals surface area contributed by atoms with E-state index in [1.165, 1.54) is 12.8 Å². The Kier molecular flexibility index (Phi) is 3.72. The van der Waals surface area contributed by atoms with E-state index in [4.69, 9.17) is 0 Å². The van der Waals surface area contributed by atoms with E-state index >= 15 is 0 Å². The molecule has 1 saturated heterocycles. The molecule has 4 nitrogen and oxygen atoms in total. The van der Waals surface area contributed by atoms with Crippen molar-refractivity contribution < 1.29 is 0 Å². The molecule has 1 unspecified atom stereocenters. The number of aromatic nitrogens is 2. The molecule has 0 aromatic carbocycles. The van der Waals surface area contributed by atoms with E-state index in [0.29, 0.717) is 5.92 Å². The van der Waals surface area contributed by atoms with Crippen LogP contribution in [-0.2, 0) is 12.8 Å². The Morgan fingerprint density at radius 3 is 3.06 bits per heavy atom. The maximum Gasteiger partial charge on any atom is 0.254 e. The van der Waals surface area contributed by atoms with E-state index in [0.717, 1.165) is 37.3 Å². The molecule has 1 atom stereocenters. The van der Waals surface area contributed by atoms with Gasteiger partial charge >= 0.3 is 0 Å². The Hall–Kier alpha value is -1.16. The number of hydrogen-bond donors (Lipinski definition) is 2. The maximum absolute atomic E-state index is 11.6. The monoisotopic (exact) mass is 221 g/mol. The molecular formula is C12H19N3O. The summed E-state index contributed by atoms with van der Waals surface area (Å²) >= 11 is 0. The zero-order valence-electron chi connectivity index (χ0n) is 9.75. The van der Waals surface area contributed by atoms with Gasteiger partial charge in [-0.3, -0.25) is 4.79 Å². The highest BCUT2D eigenvalue weighted by molar-refractivity contribution is 5.05. The van der Waals surface area contributed by atoms with Gasteiger partial charge in [-0.1, -0.05) is 6.92 Å². The van der Waals surface area contributed by atoms with E-state index in [1.54, 1.807) is 6.20 Å². The fourth-order valence-electron chi connectivity index (χ4n) is 2.19. The number of aromatic amines is 1. The van der Waals surface area contributed by atoms with Crippen molar-refractivity contribution in [3.63, 3.8) is 0 Å². The van der Waals surface area contributed by atoms with Crippen LogP contribution in [0.2, 0.25) is 0 Å². The smallest absolute Gasteiger partial charge is 0.254 e. The Labute approximate surface area is 95.5 Å². The van der Waals surface area contributed by atoms with Gasteiger partial charge in [-0.2, -0.15) is 0 Å². The maximum atomic E-state index is 11.6. The summed E-state index contributed by atoms with van der Waals surface area (Å²) in [6, 6.07) is 0. The molecule has 4 heteroatoms. The van der Waals surface area contributed by atoms with E-state index in [-0.39, 0.29) is 5.56 Å². The summed E-state index contributed by atoms with van der Waals surface area (Å²) in [5.74, 6) is 1.44. The molecule has 2 heterocycles. The molecule has 1 aromatic rings. The van der Waals surface area contributed by atoms with Crippen molar-refractivity contribution in [2.45, 2.75) is 32.6 Å². The third-order valence-corrected chi connectivity index (χ3v) is 3.19. The second-order valence-electron chi connectivity index (χ2n) is 4.45. The van der Waals surface area contributed by atoms with E-state index in [9.17, 15) is 4.79 Å². The summed E-state index contributed by atoms with van der Waals surface area (Å²) in [4.78, 5) is 18.8. The van der Waals surface area contributed by atoms with E-state index in [2.05, 4.69) is 15.3 Å². The fraction of sp³-hybridized carbons (Fsp3) is 0.667. The first-order valence-electron chi connectivity index (χ1n) is 6.07. The Morgan fingerprint density at radius 1 is 1.56 bits per heavy atom. The molecule has 0 bridgehead atoms. The van der Waals surface area contributed by atoms with Gasteiger partial charge in [0.25, 0.3) is 5.56 Å². The molecular weight excluding hydrogens is 202 g/mol. The lowest BCUT2D eigenvalue weighted by Crippen LogP contribution is -2.31. The lowest BCUT2D eigenvalue weighted by atomic mass is 9.96. The van der Waals surface area contributed by atoms with Crippen LogP contribution in [0.5, 0.6) is 0 Å². The van der Waals surface area contributed by atoms with E-state index < -0.39 is 0 Å². The molecule has 0 saturated carbocycles. The van der Waals surface area contributed by atoms with Gasteiger partial charge in [0.1, 0.15) is 5.82 Å². The first kappa shape index (κ1) is 11.3. The zero-order chi connectivity index (χ0) is 11.4. The summed E-state index contributed by atoms with van der Waals surface area (Å²) in [6.07, 6.45) is 5.79. The predicted octanol–water partition coefficient (Wildman–Crippen LogP) is 0.874. The molecule has 1 aliphatic heterocycles. The Morgan fingerprint density at radius 2 is 2.44 bits per heavy atom. The van der Waals surface area contributed by atoms with Crippen LogP contribution in [0, 0.1) is 5.92 Å². The average Bonchev–Trinajstić information content (AvgIpc) is 2.31. The predicted molar refractivity (Wildman–Crippen MR) is 63.5 cm³/mol. The first-order chi connectivity index (χ1) is 7.79. The van der Waals surface area contributed by atoms with Gasteiger partial charge in [-0.05, 0) is 38.3 Å². The summed E-state index contributed by atoms with van der Waals surface area (Å²) in [5.41, 5.74) is 0.793. The highest BCUT2D eigenvalue weighted by atomic mass is 16.1. The highest BCUT2D eigenvalue weighted by Gasteiger charge is 2.14. The minimum absolute atomic E-state index is 0.0243. The molecule has 16 heavy (non-hydrogen) atoms. The van der Waals surface area contributed by atoms with Crippen molar-refractivity contribution in [2.75, 3.05) is 13.1 Å². The number of nitrogens with zero attached hydrogens (tertiary/aromatic N) is 1. The second kappa shape index (κ2) is 5.25. The summed E-state index contributed by atoms with van der Waals surface area (Å²) in [7, 11) is 0. The van der Waals surface area contributed by atoms with Crippen LogP contribution in [0.15, 0.2) is 11.0 Å². The number of piperidine rings is 1. The highest BCUT2D eigenvalue weighted by Crippen LogP contribution is 2.13. The summed E-state index contributed by atoms with van der Waals surface area (Å²) in [6.45, 7) is 4.13. The van der Waals surface area contributed by atoms with Crippen molar-refractivity contribution in [1.82, 2.24) is 15.3 Å². The van der Waals surface area contributed by atoms with Crippen LogP contribution in [0.1, 0.15) is 31.2 Å². The SMILES string of the molecule is CCc1cnc(CC2CCCNC2)[nH]c1=O. The van der Waals surface area contributed by atoms with Crippen LogP contribution in [0.4, 0.5) is 0 Å².